The molecule has 0 fully saturated rings. The maximum absolute atomic E-state index is 6.68. The van der Waals surface area contributed by atoms with Crippen molar-refractivity contribution in [2.45, 2.75) is 37.6 Å². The molecule has 0 radical (unpaired) electrons. The molecule has 21 heavy (non-hydrogen) atoms. The minimum absolute atomic E-state index is 0.322. The van der Waals surface area contributed by atoms with Crippen LogP contribution in [0, 0.1) is 0 Å². The van der Waals surface area contributed by atoms with Gasteiger partial charge in [0.25, 0.3) is 0 Å². The maximum Gasteiger partial charge on any atom is 0.0422 e. The van der Waals surface area contributed by atoms with Gasteiger partial charge in [-0.1, -0.05) is 18.6 Å². The third-order valence-corrected chi connectivity index (χ3v) is 3.65. The van der Waals surface area contributed by atoms with Gasteiger partial charge in [-0.2, -0.15) is 0 Å². The van der Waals surface area contributed by atoms with Crippen LogP contribution in [-0.2, 0) is 12.8 Å². The molecule has 2 heterocycles. The molecule has 4 heteroatoms. The van der Waals surface area contributed by atoms with E-state index < -0.39 is 0 Å². The summed E-state index contributed by atoms with van der Waals surface area (Å²) < 4.78 is 0. The summed E-state index contributed by atoms with van der Waals surface area (Å²) in [5, 5.41) is 0. The Bertz CT molecular complexity index is 471. The largest absolute Gasteiger partial charge is 0.330 e. The number of aromatic nitrogens is 2. The number of pyridine rings is 2. The van der Waals surface area contributed by atoms with Gasteiger partial charge in [-0.25, -0.2) is 0 Å². The lowest BCUT2D eigenvalue weighted by Crippen LogP contribution is -2.45. The van der Waals surface area contributed by atoms with Crippen LogP contribution >= 0.6 is 0 Å². The summed E-state index contributed by atoms with van der Waals surface area (Å²) in [5.74, 6) is 0. The van der Waals surface area contributed by atoms with Gasteiger partial charge in [0.05, 0.1) is 0 Å². The molecule has 4 N–H and O–H groups in total. The molecule has 0 unspecified atom stereocenters. The van der Waals surface area contributed by atoms with Crippen LogP contribution in [0.15, 0.2) is 48.8 Å². The molecular weight excluding hydrogens is 260 g/mol. The Hall–Kier alpha value is -1.78. The highest BCUT2D eigenvalue weighted by Crippen LogP contribution is 2.21. The highest BCUT2D eigenvalue weighted by molar-refractivity contribution is 5.13. The molecule has 0 saturated carbocycles. The zero-order valence-corrected chi connectivity index (χ0v) is 12.4. The van der Waals surface area contributed by atoms with Crippen molar-refractivity contribution in [3.63, 3.8) is 0 Å². The van der Waals surface area contributed by atoms with Crippen molar-refractivity contribution >= 4 is 0 Å². The summed E-state index contributed by atoms with van der Waals surface area (Å²) >= 11 is 0. The SMILES string of the molecule is NCCCCC(N)(Cc1ccccn1)Cc1ccccn1. The van der Waals surface area contributed by atoms with Gasteiger partial charge in [-0.15, -0.1) is 0 Å². The Morgan fingerprint density at radius 1 is 0.857 bits per heavy atom. The number of unbranched alkanes of at least 4 members (excludes halogenated alkanes) is 1. The minimum Gasteiger partial charge on any atom is -0.330 e. The lowest BCUT2D eigenvalue weighted by Gasteiger charge is -2.29. The Morgan fingerprint density at radius 2 is 1.43 bits per heavy atom. The zero-order chi connectivity index (χ0) is 15.0. The van der Waals surface area contributed by atoms with E-state index in [1.165, 1.54) is 0 Å². The second-order valence-electron chi connectivity index (χ2n) is 5.60. The van der Waals surface area contributed by atoms with E-state index in [1.807, 2.05) is 48.8 Å². The van der Waals surface area contributed by atoms with Crippen molar-refractivity contribution in [2.24, 2.45) is 11.5 Å². The molecule has 0 saturated heterocycles. The normalized spacial score (nSPS) is 11.5. The quantitative estimate of drug-likeness (QED) is 0.728. The summed E-state index contributed by atoms with van der Waals surface area (Å²) in [6.07, 6.45) is 8.12. The molecule has 112 valence electrons. The van der Waals surface area contributed by atoms with Crippen LogP contribution in [0.2, 0.25) is 0 Å². The van der Waals surface area contributed by atoms with Gasteiger partial charge in [0.15, 0.2) is 0 Å². The Labute approximate surface area is 126 Å². The van der Waals surface area contributed by atoms with Gasteiger partial charge in [0.1, 0.15) is 0 Å². The van der Waals surface area contributed by atoms with E-state index in [0.29, 0.717) is 6.54 Å². The predicted molar refractivity (Wildman–Crippen MR) is 85.7 cm³/mol. The first-order chi connectivity index (χ1) is 10.2. The number of nitrogens with two attached hydrogens (primary N) is 2. The highest BCUT2D eigenvalue weighted by Gasteiger charge is 2.26. The molecule has 0 amide bonds. The number of rotatable bonds is 8. The second kappa shape index (κ2) is 7.86. The van der Waals surface area contributed by atoms with Gasteiger partial charge < -0.3 is 11.5 Å². The Kier molecular flexibility index (Phi) is 5.84. The van der Waals surface area contributed by atoms with Crippen molar-refractivity contribution in [3.8, 4) is 0 Å². The lowest BCUT2D eigenvalue weighted by atomic mass is 9.84. The van der Waals surface area contributed by atoms with E-state index in [2.05, 4.69) is 9.97 Å². The zero-order valence-electron chi connectivity index (χ0n) is 12.4. The van der Waals surface area contributed by atoms with Gasteiger partial charge in [-0.3, -0.25) is 9.97 Å². The molecule has 2 aromatic heterocycles. The summed E-state index contributed by atoms with van der Waals surface area (Å²) in [5.41, 5.74) is 14.0. The first-order valence-corrected chi connectivity index (χ1v) is 7.51. The molecule has 2 rings (SSSR count). The van der Waals surface area contributed by atoms with Crippen molar-refractivity contribution in [2.75, 3.05) is 6.54 Å². The molecule has 0 aliphatic rings. The topological polar surface area (TPSA) is 77.8 Å². The standard InChI is InChI=1S/C17H24N4/c18-10-4-3-9-17(19,13-15-7-1-5-11-20-15)14-16-8-2-6-12-21-16/h1-2,5-8,11-12H,3-4,9-10,13-14,18-19H2. The molecule has 0 spiro atoms. The van der Waals surface area contributed by atoms with Gasteiger partial charge in [0, 0.05) is 42.2 Å². The van der Waals surface area contributed by atoms with Crippen LogP contribution in [-0.4, -0.2) is 22.1 Å². The van der Waals surface area contributed by atoms with Crippen LogP contribution in [0.3, 0.4) is 0 Å². The Balaban J connectivity index is 2.09. The fourth-order valence-electron chi connectivity index (χ4n) is 2.59. The smallest absolute Gasteiger partial charge is 0.0422 e. The van der Waals surface area contributed by atoms with E-state index in [0.717, 1.165) is 43.5 Å². The molecule has 0 bridgehead atoms. The minimum atomic E-state index is -0.322. The van der Waals surface area contributed by atoms with Crippen LogP contribution in [0.1, 0.15) is 30.7 Å². The fourth-order valence-corrected chi connectivity index (χ4v) is 2.59. The first kappa shape index (κ1) is 15.6. The third-order valence-electron chi connectivity index (χ3n) is 3.65. The second-order valence-corrected chi connectivity index (χ2v) is 5.60. The highest BCUT2D eigenvalue weighted by atomic mass is 14.8. The fraction of sp³-hybridized carbons (Fsp3) is 0.412. The predicted octanol–water partition coefficient (Wildman–Crippen LogP) is 2.09. The van der Waals surface area contributed by atoms with Crippen LogP contribution in [0.5, 0.6) is 0 Å². The first-order valence-electron chi connectivity index (χ1n) is 7.51. The van der Waals surface area contributed by atoms with E-state index in [9.17, 15) is 0 Å². The molecule has 4 nitrogen and oxygen atoms in total. The summed E-state index contributed by atoms with van der Waals surface area (Å²) in [7, 11) is 0. The Morgan fingerprint density at radius 3 is 1.86 bits per heavy atom. The van der Waals surface area contributed by atoms with Crippen molar-refractivity contribution in [1.82, 2.24) is 9.97 Å². The number of hydrogen-bond acceptors (Lipinski definition) is 4. The third kappa shape index (κ3) is 5.25. The van der Waals surface area contributed by atoms with Crippen molar-refractivity contribution in [1.29, 1.82) is 0 Å². The van der Waals surface area contributed by atoms with E-state index >= 15 is 0 Å². The maximum atomic E-state index is 6.68. The number of nitrogens with zero attached hydrogens (tertiary/aromatic N) is 2. The summed E-state index contributed by atoms with van der Waals surface area (Å²) in [4.78, 5) is 8.82. The summed E-state index contributed by atoms with van der Waals surface area (Å²) in [6.45, 7) is 0.712. The average molecular weight is 284 g/mol. The number of hydrogen-bond donors (Lipinski definition) is 2. The van der Waals surface area contributed by atoms with Gasteiger partial charge in [-0.05, 0) is 43.7 Å². The molecule has 2 aromatic rings. The van der Waals surface area contributed by atoms with Gasteiger partial charge >= 0.3 is 0 Å². The molecular formula is C17H24N4. The molecule has 0 atom stereocenters. The monoisotopic (exact) mass is 284 g/mol. The van der Waals surface area contributed by atoms with E-state index in [4.69, 9.17) is 11.5 Å². The average Bonchev–Trinajstić information content (AvgIpc) is 2.49. The van der Waals surface area contributed by atoms with Crippen LogP contribution < -0.4 is 11.5 Å². The van der Waals surface area contributed by atoms with Crippen molar-refractivity contribution < 1.29 is 0 Å². The molecule has 0 aliphatic heterocycles. The van der Waals surface area contributed by atoms with Crippen LogP contribution in [0.25, 0.3) is 0 Å². The van der Waals surface area contributed by atoms with Crippen LogP contribution in [0.4, 0.5) is 0 Å². The summed E-state index contributed by atoms with van der Waals surface area (Å²) in [6, 6.07) is 11.9. The van der Waals surface area contributed by atoms with Crippen molar-refractivity contribution in [3.05, 3.63) is 60.2 Å². The van der Waals surface area contributed by atoms with Gasteiger partial charge in [0.2, 0.25) is 0 Å². The molecule has 0 aromatic carbocycles. The lowest BCUT2D eigenvalue weighted by molar-refractivity contribution is 0.366. The van der Waals surface area contributed by atoms with E-state index in [1.54, 1.807) is 0 Å². The van der Waals surface area contributed by atoms with E-state index in [-0.39, 0.29) is 5.54 Å². The molecule has 0 aliphatic carbocycles.